The summed E-state index contributed by atoms with van der Waals surface area (Å²) < 4.78 is 0. The van der Waals surface area contributed by atoms with Crippen molar-refractivity contribution in [1.29, 1.82) is 0 Å². The Morgan fingerprint density at radius 3 is 2.39 bits per heavy atom. The molecular formula is C16H15ClO. The van der Waals surface area contributed by atoms with Crippen LogP contribution in [0, 0.1) is 6.92 Å². The highest BCUT2D eigenvalue weighted by Crippen LogP contribution is 2.24. The van der Waals surface area contributed by atoms with Gasteiger partial charge in [-0.15, -0.1) is 0 Å². The van der Waals surface area contributed by atoms with Crippen molar-refractivity contribution in [3.8, 4) is 0 Å². The van der Waals surface area contributed by atoms with Gasteiger partial charge in [-0.2, -0.15) is 0 Å². The van der Waals surface area contributed by atoms with Crippen LogP contribution in [0.15, 0.2) is 48.5 Å². The van der Waals surface area contributed by atoms with Gasteiger partial charge in [0.25, 0.3) is 0 Å². The highest BCUT2D eigenvalue weighted by Gasteiger charge is 2.12. The maximum Gasteiger partial charge on any atom is 0.127 e. The van der Waals surface area contributed by atoms with E-state index in [1.54, 1.807) is 0 Å². The van der Waals surface area contributed by atoms with Crippen molar-refractivity contribution in [3.05, 3.63) is 70.2 Å². The SMILES string of the molecule is Cc1ccc(C(C=O)Cc2ccccc2Cl)cc1. The molecule has 0 aliphatic rings. The van der Waals surface area contributed by atoms with Crippen molar-refractivity contribution < 1.29 is 4.79 Å². The van der Waals surface area contributed by atoms with Gasteiger partial charge in [0.15, 0.2) is 0 Å². The summed E-state index contributed by atoms with van der Waals surface area (Å²) in [5.74, 6) is -0.134. The van der Waals surface area contributed by atoms with Crippen molar-refractivity contribution in [1.82, 2.24) is 0 Å². The largest absolute Gasteiger partial charge is 0.303 e. The molecule has 0 saturated carbocycles. The van der Waals surface area contributed by atoms with Crippen molar-refractivity contribution in [3.63, 3.8) is 0 Å². The van der Waals surface area contributed by atoms with Gasteiger partial charge in [-0.1, -0.05) is 59.6 Å². The molecule has 1 unspecified atom stereocenters. The number of carbonyl (C=O) groups is 1. The Kier molecular flexibility index (Phi) is 4.16. The van der Waals surface area contributed by atoms with Crippen LogP contribution in [0.4, 0.5) is 0 Å². The summed E-state index contributed by atoms with van der Waals surface area (Å²) in [4.78, 5) is 11.3. The van der Waals surface area contributed by atoms with Gasteiger partial charge >= 0.3 is 0 Å². The molecule has 0 aromatic heterocycles. The minimum atomic E-state index is -0.134. The van der Waals surface area contributed by atoms with Crippen molar-refractivity contribution in [2.24, 2.45) is 0 Å². The maximum absolute atomic E-state index is 11.3. The molecule has 0 aliphatic carbocycles. The summed E-state index contributed by atoms with van der Waals surface area (Å²) in [6, 6.07) is 15.7. The summed E-state index contributed by atoms with van der Waals surface area (Å²) >= 11 is 6.12. The Hall–Kier alpha value is -1.60. The fourth-order valence-corrected chi connectivity index (χ4v) is 2.17. The molecule has 0 fully saturated rings. The van der Waals surface area contributed by atoms with Gasteiger partial charge in [0.1, 0.15) is 6.29 Å². The smallest absolute Gasteiger partial charge is 0.127 e. The topological polar surface area (TPSA) is 17.1 Å². The molecule has 2 rings (SSSR count). The number of rotatable bonds is 4. The quantitative estimate of drug-likeness (QED) is 0.752. The van der Waals surface area contributed by atoms with E-state index in [0.29, 0.717) is 6.42 Å². The molecule has 0 spiro atoms. The fourth-order valence-electron chi connectivity index (χ4n) is 1.96. The predicted octanol–water partition coefficient (Wildman–Crippen LogP) is 4.17. The normalized spacial score (nSPS) is 12.1. The first-order chi connectivity index (χ1) is 8.70. The summed E-state index contributed by atoms with van der Waals surface area (Å²) in [5.41, 5.74) is 3.24. The lowest BCUT2D eigenvalue weighted by atomic mass is 9.93. The molecule has 0 radical (unpaired) electrons. The number of aldehydes is 1. The zero-order chi connectivity index (χ0) is 13.0. The van der Waals surface area contributed by atoms with Gasteiger partial charge in [0, 0.05) is 10.9 Å². The van der Waals surface area contributed by atoms with Crippen molar-refractivity contribution >= 4 is 17.9 Å². The van der Waals surface area contributed by atoms with Crippen LogP contribution in [-0.4, -0.2) is 6.29 Å². The van der Waals surface area contributed by atoms with Crippen molar-refractivity contribution in [2.75, 3.05) is 0 Å². The molecule has 92 valence electrons. The van der Waals surface area contributed by atoms with E-state index in [4.69, 9.17) is 11.6 Å². The number of benzene rings is 2. The Labute approximate surface area is 112 Å². The molecule has 1 nitrogen and oxygen atoms in total. The van der Waals surface area contributed by atoms with Crippen LogP contribution in [0.1, 0.15) is 22.6 Å². The van der Waals surface area contributed by atoms with E-state index in [9.17, 15) is 4.79 Å². The molecule has 18 heavy (non-hydrogen) atoms. The summed E-state index contributed by atoms with van der Waals surface area (Å²) in [7, 11) is 0. The molecule has 0 bridgehead atoms. The number of carbonyl (C=O) groups excluding carboxylic acids is 1. The number of aryl methyl sites for hydroxylation is 1. The molecule has 2 aromatic carbocycles. The lowest BCUT2D eigenvalue weighted by Crippen LogP contribution is -2.04. The van der Waals surface area contributed by atoms with E-state index in [-0.39, 0.29) is 5.92 Å². The van der Waals surface area contributed by atoms with Crippen molar-refractivity contribution in [2.45, 2.75) is 19.3 Å². The number of hydrogen-bond acceptors (Lipinski definition) is 1. The third-order valence-corrected chi connectivity index (χ3v) is 3.44. The molecule has 2 heteroatoms. The molecule has 2 aromatic rings. The van der Waals surface area contributed by atoms with E-state index < -0.39 is 0 Å². The third kappa shape index (κ3) is 2.99. The number of hydrogen-bond donors (Lipinski definition) is 0. The van der Waals surface area contributed by atoms with Gasteiger partial charge in [-0.3, -0.25) is 0 Å². The van der Waals surface area contributed by atoms with Gasteiger partial charge in [0.05, 0.1) is 0 Å². The monoisotopic (exact) mass is 258 g/mol. The summed E-state index contributed by atoms with van der Waals surface area (Å²) in [6.07, 6.45) is 1.64. The average Bonchev–Trinajstić information content (AvgIpc) is 2.39. The zero-order valence-corrected chi connectivity index (χ0v) is 11.0. The van der Waals surface area contributed by atoms with Crippen LogP contribution < -0.4 is 0 Å². The average molecular weight is 259 g/mol. The molecule has 0 heterocycles. The lowest BCUT2D eigenvalue weighted by Gasteiger charge is -2.12. The van der Waals surface area contributed by atoms with Gasteiger partial charge in [0.2, 0.25) is 0 Å². The molecule has 1 atom stereocenters. The van der Waals surface area contributed by atoms with Crippen LogP contribution in [0.25, 0.3) is 0 Å². The highest BCUT2D eigenvalue weighted by atomic mass is 35.5. The van der Waals surface area contributed by atoms with Gasteiger partial charge in [-0.05, 0) is 30.5 Å². The molecule has 0 aliphatic heterocycles. The Bertz CT molecular complexity index is 531. The van der Waals surface area contributed by atoms with E-state index in [1.165, 1.54) is 5.56 Å². The van der Waals surface area contributed by atoms with Gasteiger partial charge in [-0.25, -0.2) is 0 Å². The Morgan fingerprint density at radius 1 is 1.11 bits per heavy atom. The van der Waals surface area contributed by atoms with Crippen LogP contribution in [0.2, 0.25) is 5.02 Å². The van der Waals surface area contributed by atoms with E-state index in [0.717, 1.165) is 22.4 Å². The third-order valence-electron chi connectivity index (χ3n) is 3.07. The van der Waals surface area contributed by atoms with E-state index in [2.05, 4.69) is 0 Å². The minimum absolute atomic E-state index is 0.134. The first-order valence-electron chi connectivity index (χ1n) is 5.96. The summed E-state index contributed by atoms with van der Waals surface area (Å²) in [6.45, 7) is 2.04. The second-order valence-electron chi connectivity index (χ2n) is 4.45. The van der Waals surface area contributed by atoms with E-state index in [1.807, 2.05) is 55.5 Å². The second kappa shape index (κ2) is 5.83. The fraction of sp³-hybridized carbons (Fsp3) is 0.188. The molecule has 0 N–H and O–H groups in total. The van der Waals surface area contributed by atoms with Gasteiger partial charge < -0.3 is 4.79 Å². The molecule has 0 amide bonds. The number of halogens is 1. The highest BCUT2D eigenvalue weighted by molar-refractivity contribution is 6.31. The predicted molar refractivity (Wildman–Crippen MR) is 75.1 cm³/mol. The molecular weight excluding hydrogens is 244 g/mol. The Morgan fingerprint density at radius 2 is 1.78 bits per heavy atom. The first kappa shape index (κ1) is 12.8. The summed E-state index contributed by atoms with van der Waals surface area (Å²) in [5, 5.41) is 0.719. The standard InChI is InChI=1S/C16H15ClO/c1-12-6-8-13(9-7-12)15(11-18)10-14-4-2-3-5-16(14)17/h2-9,11,15H,10H2,1H3. The van der Waals surface area contributed by atoms with Crippen LogP contribution >= 0.6 is 11.6 Å². The minimum Gasteiger partial charge on any atom is -0.303 e. The lowest BCUT2D eigenvalue weighted by molar-refractivity contribution is -0.109. The maximum atomic E-state index is 11.3. The molecule has 0 saturated heterocycles. The first-order valence-corrected chi connectivity index (χ1v) is 6.34. The van der Waals surface area contributed by atoms with E-state index >= 15 is 0 Å². The zero-order valence-electron chi connectivity index (χ0n) is 10.3. The second-order valence-corrected chi connectivity index (χ2v) is 4.86. The van der Waals surface area contributed by atoms with Crippen LogP contribution in [0.5, 0.6) is 0 Å². The van der Waals surface area contributed by atoms with Crippen LogP contribution in [-0.2, 0) is 11.2 Å². The Balaban J connectivity index is 2.22. The van der Waals surface area contributed by atoms with Crippen LogP contribution in [0.3, 0.4) is 0 Å².